The van der Waals surface area contributed by atoms with Crippen LogP contribution in [0.5, 0.6) is 0 Å². The van der Waals surface area contributed by atoms with E-state index in [1.165, 1.54) is 22.0 Å². The van der Waals surface area contributed by atoms with E-state index in [4.69, 9.17) is 5.73 Å². The van der Waals surface area contributed by atoms with E-state index in [-0.39, 0.29) is 0 Å². The molecule has 1 aromatic carbocycles. The number of nitrogens with two attached hydrogens (primary N) is 1. The van der Waals surface area contributed by atoms with Gasteiger partial charge in [0.05, 0.1) is 0 Å². The third-order valence-electron chi connectivity index (χ3n) is 3.73. The Morgan fingerprint density at radius 1 is 1.47 bits per heavy atom. The van der Waals surface area contributed by atoms with Crippen molar-refractivity contribution in [2.75, 3.05) is 13.1 Å². The van der Waals surface area contributed by atoms with Crippen molar-refractivity contribution in [3.8, 4) is 0 Å². The molecular weight excluding hydrogens is 276 g/mol. The largest absolute Gasteiger partial charge is 0.330 e. The van der Waals surface area contributed by atoms with E-state index in [2.05, 4.69) is 52.9 Å². The molecule has 2 nitrogen and oxygen atoms in total. The number of likely N-dealkylation sites (tertiary alicyclic amines) is 1. The maximum atomic E-state index is 5.76. The molecule has 0 radical (unpaired) electrons. The third kappa shape index (κ3) is 3.09. The average Bonchev–Trinajstić information content (AvgIpc) is 2.65. The number of nitrogens with zero attached hydrogens (tertiary/aromatic N) is 1. The molecule has 1 saturated heterocycles. The van der Waals surface area contributed by atoms with Crippen LogP contribution in [0.1, 0.15) is 24.5 Å². The zero-order valence-corrected chi connectivity index (χ0v) is 12.2. The highest BCUT2D eigenvalue weighted by Crippen LogP contribution is 2.25. The Morgan fingerprint density at radius 3 is 2.82 bits per heavy atom. The van der Waals surface area contributed by atoms with E-state index in [0.717, 1.165) is 19.6 Å². The predicted molar refractivity (Wildman–Crippen MR) is 75.9 cm³/mol. The molecule has 1 fully saturated rings. The predicted octanol–water partition coefficient (Wildman–Crippen LogP) is 2.93. The molecule has 1 heterocycles. The fourth-order valence-corrected chi connectivity index (χ4v) is 2.90. The zero-order chi connectivity index (χ0) is 12.4. The third-order valence-corrected chi connectivity index (χ3v) is 4.62. The Kier molecular flexibility index (Phi) is 4.23. The normalized spacial score (nSPS) is 25.4. The second kappa shape index (κ2) is 5.51. The van der Waals surface area contributed by atoms with Gasteiger partial charge >= 0.3 is 0 Å². The van der Waals surface area contributed by atoms with Gasteiger partial charge < -0.3 is 5.73 Å². The molecule has 3 heteroatoms. The summed E-state index contributed by atoms with van der Waals surface area (Å²) in [4.78, 5) is 2.54. The van der Waals surface area contributed by atoms with Crippen molar-refractivity contribution < 1.29 is 0 Å². The van der Waals surface area contributed by atoms with Crippen LogP contribution in [0.15, 0.2) is 22.7 Å². The standard InChI is InChI=1S/C14H21BrN2/c1-10-5-12(3-4-14(10)15)8-17-9-13(7-16)6-11(17)2/h3-5,11,13H,6-9,16H2,1-2H3. The van der Waals surface area contributed by atoms with Gasteiger partial charge in [-0.3, -0.25) is 4.90 Å². The van der Waals surface area contributed by atoms with Crippen molar-refractivity contribution in [2.24, 2.45) is 11.7 Å². The molecule has 0 aliphatic carbocycles. The van der Waals surface area contributed by atoms with Gasteiger partial charge in [-0.2, -0.15) is 0 Å². The van der Waals surface area contributed by atoms with Crippen molar-refractivity contribution in [2.45, 2.75) is 32.9 Å². The van der Waals surface area contributed by atoms with Crippen LogP contribution in [0, 0.1) is 12.8 Å². The Hall–Kier alpha value is -0.380. The van der Waals surface area contributed by atoms with Gasteiger partial charge in [-0.05, 0) is 49.9 Å². The van der Waals surface area contributed by atoms with Crippen molar-refractivity contribution in [1.29, 1.82) is 0 Å². The lowest BCUT2D eigenvalue weighted by Gasteiger charge is -2.21. The molecule has 0 aromatic heterocycles. The maximum absolute atomic E-state index is 5.76. The smallest absolute Gasteiger partial charge is 0.0236 e. The molecule has 1 aromatic rings. The van der Waals surface area contributed by atoms with Crippen LogP contribution in [0.4, 0.5) is 0 Å². The maximum Gasteiger partial charge on any atom is 0.0236 e. The molecule has 2 atom stereocenters. The van der Waals surface area contributed by atoms with Crippen LogP contribution in [-0.4, -0.2) is 24.0 Å². The minimum absolute atomic E-state index is 0.660. The highest BCUT2D eigenvalue weighted by molar-refractivity contribution is 9.10. The minimum Gasteiger partial charge on any atom is -0.330 e. The van der Waals surface area contributed by atoms with E-state index in [1.807, 2.05) is 0 Å². The lowest BCUT2D eigenvalue weighted by Crippen LogP contribution is -2.27. The van der Waals surface area contributed by atoms with Crippen molar-refractivity contribution in [3.05, 3.63) is 33.8 Å². The van der Waals surface area contributed by atoms with Crippen molar-refractivity contribution >= 4 is 15.9 Å². The van der Waals surface area contributed by atoms with Gasteiger partial charge in [0.1, 0.15) is 0 Å². The van der Waals surface area contributed by atoms with Crippen LogP contribution < -0.4 is 5.73 Å². The van der Waals surface area contributed by atoms with E-state index >= 15 is 0 Å². The molecule has 0 bridgehead atoms. The van der Waals surface area contributed by atoms with Crippen LogP contribution in [0.3, 0.4) is 0 Å². The number of hydrogen-bond acceptors (Lipinski definition) is 2. The first-order chi connectivity index (χ1) is 8.10. The van der Waals surface area contributed by atoms with Gasteiger partial charge in [-0.1, -0.05) is 28.1 Å². The Balaban J connectivity index is 2.03. The summed E-state index contributed by atoms with van der Waals surface area (Å²) >= 11 is 3.54. The summed E-state index contributed by atoms with van der Waals surface area (Å²) in [5.74, 6) is 0.682. The summed E-state index contributed by atoms with van der Waals surface area (Å²) in [5, 5.41) is 0. The second-order valence-corrected chi connectivity index (χ2v) is 6.05. The van der Waals surface area contributed by atoms with Crippen LogP contribution >= 0.6 is 15.9 Å². The molecule has 2 rings (SSSR count). The van der Waals surface area contributed by atoms with Crippen molar-refractivity contribution in [1.82, 2.24) is 4.90 Å². The number of aryl methyl sites for hydroxylation is 1. The topological polar surface area (TPSA) is 29.3 Å². The number of halogens is 1. The van der Waals surface area contributed by atoms with Gasteiger partial charge in [0.15, 0.2) is 0 Å². The van der Waals surface area contributed by atoms with Gasteiger partial charge in [-0.15, -0.1) is 0 Å². The minimum atomic E-state index is 0.660. The van der Waals surface area contributed by atoms with Crippen LogP contribution in [0.2, 0.25) is 0 Å². The average molecular weight is 297 g/mol. The Morgan fingerprint density at radius 2 is 2.24 bits per heavy atom. The molecule has 0 spiro atoms. The number of rotatable bonds is 3. The summed E-state index contributed by atoms with van der Waals surface area (Å²) in [6, 6.07) is 7.28. The first-order valence-corrected chi connectivity index (χ1v) is 7.08. The lowest BCUT2D eigenvalue weighted by molar-refractivity contribution is 0.256. The highest BCUT2D eigenvalue weighted by Gasteiger charge is 2.27. The Bertz CT molecular complexity index is 392. The fraction of sp³-hybridized carbons (Fsp3) is 0.571. The molecular formula is C14H21BrN2. The highest BCUT2D eigenvalue weighted by atomic mass is 79.9. The molecule has 1 aliphatic heterocycles. The van der Waals surface area contributed by atoms with Gasteiger partial charge in [0.2, 0.25) is 0 Å². The monoisotopic (exact) mass is 296 g/mol. The summed E-state index contributed by atoms with van der Waals surface area (Å²) in [7, 11) is 0. The van der Waals surface area contributed by atoms with Crippen LogP contribution in [0.25, 0.3) is 0 Å². The number of hydrogen-bond donors (Lipinski definition) is 1. The summed E-state index contributed by atoms with van der Waals surface area (Å²) < 4.78 is 1.19. The van der Waals surface area contributed by atoms with E-state index in [9.17, 15) is 0 Å². The molecule has 0 amide bonds. The Labute approximate surface area is 112 Å². The lowest BCUT2D eigenvalue weighted by atomic mass is 10.1. The number of benzene rings is 1. The summed E-state index contributed by atoms with van der Waals surface area (Å²) in [5.41, 5.74) is 8.47. The molecule has 17 heavy (non-hydrogen) atoms. The van der Waals surface area contributed by atoms with Crippen LogP contribution in [-0.2, 0) is 6.54 Å². The van der Waals surface area contributed by atoms with Crippen molar-refractivity contribution in [3.63, 3.8) is 0 Å². The van der Waals surface area contributed by atoms with Gasteiger partial charge in [0.25, 0.3) is 0 Å². The van der Waals surface area contributed by atoms with E-state index < -0.39 is 0 Å². The quantitative estimate of drug-likeness (QED) is 0.929. The molecule has 0 saturated carbocycles. The second-order valence-electron chi connectivity index (χ2n) is 5.20. The first-order valence-electron chi connectivity index (χ1n) is 6.29. The first kappa shape index (κ1) is 13.1. The molecule has 2 unspecified atom stereocenters. The van der Waals surface area contributed by atoms with E-state index in [1.54, 1.807) is 0 Å². The summed E-state index contributed by atoms with van der Waals surface area (Å²) in [6.45, 7) is 7.46. The SMILES string of the molecule is Cc1cc(CN2CC(CN)CC2C)ccc1Br. The van der Waals surface area contributed by atoms with E-state index in [0.29, 0.717) is 12.0 Å². The molecule has 94 valence electrons. The molecule has 1 aliphatic rings. The van der Waals surface area contributed by atoms with Gasteiger partial charge in [0, 0.05) is 23.6 Å². The fourth-order valence-electron chi connectivity index (χ4n) is 2.65. The molecule has 2 N–H and O–H groups in total. The van der Waals surface area contributed by atoms with Gasteiger partial charge in [-0.25, -0.2) is 0 Å². The zero-order valence-electron chi connectivity index (χ0n) is 10.6. The summed E-state index contributed by atoms with van der Waals surface area (Å²) in [6.07, 6.45) is 1.24.